The maximum absolute atomic E-state index is 12.3. The number of rotatable bonds is 6. The molecular formula is C18H20N4O2. The molecule has 2 heterocycles. The minimum atomic E-state index is -0.145. The number of carbonyl (C=O) groups excluding carboxylic acids is 1. The van der Waals surface area contributed by atoms with Gasteiger partial charge in [0.05, 0.1) is 19.0 Å². The molecule has 2 aromatic heterocycles. The van der Waals surface area contributed by atoms with Gasteiger partial charge in [-0.2, -0.15) is 5.10 Å². The highest BCUT2D eigenvalue weighted by molar-refractivity contribution is 5.99. The van der Waals surface area contributed by atoms with Crippen molar-refractivity contribution < 1.29 is 9.53 Å². The van der Waals surface area contributed by atoms with Crippen LogP contribution in [0, 0.1) is 0 Å². The average Bonchev–Trinajstić information content (AvgIpc) is 3.06. The van der Waals surface area contributed by atoms with Crippen molar-refractivity contribution in [1.29, 1.82) is 0 Å². The number of amides is 1. The first-order valence-corrected chi connectivity index (χ1v) is 8.00. The second kappa shape index (κ2) is 7.12. The van der Waals surface area contributed by atoms with Gasteiger partial charge in [0.25, 0.3) is 5.91 Å². The summed E-state index contributed by atoms with van der Waals surface area (Å²) in [5.74, 6) is 0.621. The van der Waals surface area contributed by atoms with Crippen molar-refractivity contribution in [2.75, 3.05) is 13.7 Å². The molecule has 1 amide bonds. The second-order valence-electron chi connectivity index (χ2n) is 5.47. The van der Waals surface area contributed by atoms with E-state index in [0.717, 1.165) is 29.8 Å². The lowest BCUT2D eigenvalue weighted by molar-refractivity contribution is 0.0954. The lowest BCUT2D eigenvalue weighted by atomic mass is 10.1. The predicted octanol–water partition coefficient (Wildman–Crippen LogP) is 2.93. The molecule has 3 rings (SSSR count). The second-order valence-corrected chi connectivity index (χ2v) is 5.47. The molecule has 24 heavy (non-hydrogen) atoms. The van der Waals surface area contributed by atoms with E-state index in [1.54, 1.807) is 24.0 Å². The fourth-order valence-corrected chi connectivity index (χ4v) is 2.53. The molecular weight excluding hydrogens is 304 g/mol. The minimum absolute atomic E-state index is 0.145. The van der Waals surface area contributed by atoms with Gasteiger partial charge in [0.2, 0.25) is 0 Å². The molecule has 3 aromatic rings. The fraction of sp³-hybridized carbons (Fsp3) is 0.278. The molecule has 0 bridgehead atoms. The SMILES string of the molecule is CCCCNC(=O)c1cnn2c(-c3cccc(OC)c3)ccnc12. The molecule has 0 aliphatic heterocycles. The van der Waals surface area contributed by atoms with Gasteiger partial charge in [-0.05, 0) is 24.6 Å². The van der Waals surface area contributed by atoms with Gasteiger partial charge in [-0.3, -0.25) is 4.79 Å². The molecule has 0 atom stereocenters. The highest BCUT2D eigenvalue weighted by Gasteiger charge is 2.15. The summed E-state index contributed by atoms with van der Waals surface area (Å²) in [4.78, 5) is 16.6. The summed E-state index contributed by atoms with van der Waals surface area (Å²) in [6.07, 6.45) is 5.24. The quantitative estimate of drug-likeness (QED) is 0.708. The number of methoxy groups -OCH3 is 1. The Hall–Kier alpha value is -2.89. The molecule has 0 spiro atoms. The monoisotopic (exact) mass is 324 g/mol. The van der Waals surface area contributed by atoms with Crippen LogP contribution in [0.25, 0.3) is 16.9 Å². The van der Waals surface area contributed by atoms with E-state index in [-0.39, 0.29) is 5.91 Å². The van der Waals surface area contributed by atoms with Crippen molar-refractivity contribution in [3.63, 3.8) is 0 Å². The molecule has 0 aliphatic rings. The van der Waals surface area contributed by atoms with Crippen LogP contribution in [-0.2, 0) is 0 Å². The van der Waals surface area contributed by atoms with Gasteiger partial charge in [0.1, 0.15) is 11.3 Å². The van der Waals surface area contributed by atoms with Crippen LogP contribution >= 0.6 is 0 Å². The first kappa shape index (κ1) is 16.0. The fourth-order valence-electron chi connectivity index (χ4n) is 2.53. The summed E-state index contributed by atoms with van der Waals surface area (Å²) in [5.41, 5.74) is 2.83. The van der Waals surface area contributed by atoms with Crippen LogP contribution in [0.5, 0.6) is 5.75 Å². The normalized spacial score (nSPS) is 10.8. The molecule has 0 radical (unpaired) electrons. The van der Waals surface area contributed by atoms with E-state index in [4.69, 9.17) is 4.74 Å². The van der Waals surface area contributed by atoms with E-state index in [0.29, 0.717) is 17.8 Å². The zero-order chi connectivity index (χ0) is 16.9. The van der Waals surface area contributed by atoms with Crippen LogP contribution in [0.15, 0.2) is 42.7 Å². The van der Waals surface area contributed by atoms with Crippen LogP contribution in [0.1, 0.15) is 30.1 Å². The van der Waals surface area contributed by atoms with Gasteiger partial charge < -0.3 is 10.1 Å². The number of nitrogens with zero attached hydrogens (tertiary/aromatic N) is 3. The zero-order valence-electron chi connectivity index (χ0n) is 13.8. The van der Waals surface area contributed by atoms with Crippen LogP contribution in [0.2, 0.25) is 0 Å². The standard InChI is InChI=1S/C18H20N4O2/c1-3-4-9-20-18(23)15-12-21-22-16(8-10-19-17(15)22)13-6-5-7-14(11-13)24-2/h5-8,10-12H,3-4,9H2,1-2H3,(H,20,23). The Balaban J connectivity index is 1.98. The number of hydrogen-bond donors (Lipinski definition) is 1. The lowest BCUT2D eigenvalue weighted by Crippen LogP contribution is -2.24. The van der Waals surface area contributed by atoms with E-state index < -0.39 is 0 Å². The molecule has 1 aromatic carbocycles. The first-order valence-electron chi connectivity index (χ1n) is 8.00. The number of fused-ring (bicyclic) bond motifs is 1. The van der Waals surface area contributed by atoms with Crippen LogP contribution in [0.3, 0.4) is 0 Å². The Morgan fingerprint density at radius 1 is 1.33 bits per heavy atom. The highest BCUT2D eigenvalue weighted by Crippen LogP contribution is 2.24. The zero-order valence-corrected chi connectivity index (χ0v) is 13.8. The first-order chi connectivity index (χ1) is 11.7. The van der Waals surface area contributed by atoms with Gasteiger partial charge in [0, 0.05) is 18.3 Å². The molecule has 0 saturated carbocycles. The Morgan fingerprint density at radius 2 is 2.21 bits per heavy atom. The van der Waals surface area contributed by atoms with E-state index in [2.05, 4.69) is 22.3 Å². The summed E-state index contributed by atoms with van der Waals surface area (Å²) in [5, 5.41) is 7.26. The number of carbonyl (C=O) groups is 1. The molecule has 6 heteroatoms. The third kappa shape index (κ3) is 3.08. The number of unbranched alkanes of at least 4 members (excludes halogenated alkanes) is 1. The molecule has 0 saturated heterocycles. The van der Waals surface area contributed by atoms with Crippen molar-refractivity contribution >= 4 is 11.6 Å². The molecule has 1 N–H and O–H groups in total. The number of aromatic nitrogens is 3. The summed E-state index contributed by atoms with van der Waals surface area (Å²) in [7, 11) is 1.63. The molecule has 0 fully saturated rings. The Labute approximate surface area is 140 Å². The highest BCUT2D eigenvalue weighted by atomic mass is 16.5. The van der Waals surface area contributed by atoms with Crippen LogP contribution in [0.4, 0.5) is 0 Å². The molecule has 0 aliphatic carbocycles. The van der Waals surface area contributed by atoms with E-state index in [9.17, 15) is 4.79 Å². The number of ether oxygens (including phenoxy) is 1. The van der Waals surface area contributed by atoms with Gasteiger partial charge in [-0.15, -0.1) is 0 Å². The minimum Gasteiger partial charge on any atom is -0.497 e. The summed E-state index contributed by atoms with van der Waals surface area (Å²) in [6.45, 7) is 2.74. The summed E-state index contributed by atoms with van der Waals surface area (Å²) in [6, 6.07) is 9.57. The third-order valence-electron chi connectivity index (χ3n) is 3.83. The average molecular weight is 324 g/mol. The topological polar surface area (TPSA) is 68.5 Å². The van der Waals surface area contributed by atoms with Crippen molar-refractivity contribution in [3.05, 3.63) is 48.3 Å². The van der Waals surface area contributed by atoms with Gasteiger partial charge >= 0.3 is 0 Å². The van der Waals surface area contributed by atoms with Gasteiger partial charge in [-0.25, -0.2) is 9.50 Å². The summed E-state index contributed by atoms with van der Waals surface area (Å²) < 4.78 is 6.96. The van der Waals surface area contributed by atoms with E-state index in [1.165, 1.54) is 0 Å². The van der Waals surface area contributed by atoms with E-state index in [1.807, 2.05) is 30.3 Å². The molecule has 6 nitrogen and oxygen atoms in total. The summed E-state index contributed by atoms with van der Waals surface area (Å²) >= 11 is 0. The van der Waals surface area contributed by atoms with Crippen LogP contribution in [-0.4, -0.2) is 34.2 Å². The number of benzene rings is 1. The third-order valence-corrected chi connectivity index (χ3v) is 3.83. The maximum Gasteiger partial charge on any atom is 0.256 e. The largest absolute Gasteiger partial charge is 0.497 e. The van der Waals surface area contributed by atoms with Crippen molar-refractivity contribution in [2.24, 2.45) is 0 Å². The lowest BCUT2D eigenvalue weighted by Gasteiger charge is -2.07. The number of nitrogens with one attached hydrogen (secondary N) is 1. The van der Waals surface area contributed by atoms with Crippen molar-refractivity contribution in [1.82, 2.24) is 19.9 Å². The van der Waals surface area contributed by atoms with E-state index >= 15 is 0 Å². The Kier molecular flexibility index (Phi) is 4.74. The Morgan fingerprint density at radius 3 is 3.00 bits per heavy atom. The maximum atomic E-state index is 12.3. The van der Waals surface area contributed by atoms with Crippen molar-refractivity contribution in [3.8, 4) is 17.0 Å². The predicted molar refractivity (Wildman–Crippen MR) is 92.2 cm³/mol. The Bertz CT molecular complexity index is 857. The molecule has 0 unspecified atom stereocenters. The van der Waals surface area contributed by atoms with Crippen molar-refractivity contribution in [2.45, 2.75) is 19.8 Å². The molecule has 124 valence electrons. The van der Waals surface area contributed by atoms with Crippen LogP contribution < -0.4 is 10.1 Å². The van der Waals surface area contributed by atoms with Gasteiger partial charge in [-0.1, -0.05) is 25.5 Å². The van der Waals surface area contributed by atoms with Gasteiger partial charge in [0.15, 0.2) is 5.65 Å². The smallest absolute Gasteiger partial charge is 0.256 e. The number of hydrogen-bond acceptors (Lipinski definition) is 4.